The minimum Gasteiger partial charge on any atom is -0.481 e. The molecule has 0 aromatic heterocycles. The first-order valence-electron chi connectivity index (χ1n) is 7.77. The Kier molecular flexibility index (Phi) is 5.17. The van der Waals surface area contributed by atoms with Crippen LogP contribution in [0.15, 0.2) is 0 Å². The van der Waals surface area contributed by atoms with Gasteiger partial charge in [-0.2, -0.15) is 0 Å². The molecule has 0 saturated heterocycles. The first kappa shape index (κ1) is 16.2. The predicted octanol–water partition coefficient (Wildman–Crippen LogP) is 2.82. The lowest BCUT2D eigenvalue weighted by molar-refractivity contribution is -0.145. The molecule has 2 N–H and O–H groups in total. The molecule has 0 heterocycles. The first-order valence-corrected chi connectivity index (χ1v) is 7.77. The van der Waals surface area contributed by atoms with Gasteiger partial charge in [-0.25, -0.2) is 8.78 Å². The highest BCUT2D eigenvalue weighted by atomic mass is 19.3. The Morgan fingerprint density at radius 1 is 1.10 bits per heavy atom. The van der Waals surface area contributed by atoms with Gasteiger partial charge in [0.1, 0.15) is 0 Å². The summed E-state index contributed by atoms with van der Waals surface area (Å²) in [6.45, 7) is 0.350. The van der Waals surface area contributed by atoms with E-state index in [2.05, 4.69) is 5.32 Å². The summed E-state index contributed by atoms with van der Waals surface area (Å²) in [5.74, 6) is -4.41. The number of alkyl halides is 2. The lowest BCUT2D eigenvalue weighted by Crippen LogP contribution is -2.41. The highest BCUT2D eigenvalue weighted by molar-refractivity contribution is 5.78. The summed E-state index contributed by atoms with van der Waals surface area (Å²) in [7, 11) is 0. The van der Waals surface area contributed by atoms with Crippen LogP contribution >= 0.6 is 0 Å². The molecular formula is C15H23F2NO3. The summed E-state index contributed by atoms with van der Waals surface area (Å²) in [6.07, 6.45) is 3.33. The quantitative estimate of drug-likeness (QED) is 0.839. The van der Waals surface area contributed by atoms with E-state index in [9.17, 15) is 23.5 Å². The third-order valence-corrected chi connectivity index (χ3v) is 4.85. The number of carboxylic acids is 1. The molecule has 0 aliphatic heterocycles. The van der Waals surface area contributed by atoms with Gasteiger partial charge < -0.3 is 10.4 Å². The fourth-order valence-corrected chi connectivity index (χ4v) is 3.46. The van der Waals surface area contributed by atoms with Crippen LogP contribution in [0.5, 0.6) is 0 Å². The molecule has 1 amide bonds. The lowest BCUT2D eigenvalue weighted by atomic mass is 9.79. The number of carbonyl (C=O) groups is 2. The summed E-state index contributed by atoms with van der Waals surface area (Å²) in [6, 6.07) is 0. The van der Waals surface area contributed by atoms with Crippen molar-refractivity contribution in [1.29, 1.82) is 0 Å². The van der Waals surface area contributed by atoms with Crippen LogP contribution in [0.25, 0.3) is 0 Å². The van der Waals surface area contributed by atoms with Gasteiger partial charge in [-0.15, -0.1) is 0 Å². The van der Waals surface area contributed by atoms with E-state index in [1.807, 2.05) is 0 Å². The van der Waals surface area contributed by atoms with E-state index >= 15 is 0 Å². The number of carbonyl (C=O) groups excluding carboxylic acids is 1. The lowest BCUT2D eigenvalue weighted by Gasteiger charge is -2.30. The summed E-state index contributed by atoms with van der Waals surface area (Å²) in [4.78, 5) is 23.2. The maximum Gasteiger partial charge on any atom is 0.306 e. The number of hydrogen-bond acceptors (Lipinski definition) is 2. The number of nitrogens with one attached hydrogen (secondary N) is 1. The van der Waals surface area contributed by atoms with E-state index in [4.69, 9.17) is 0 Å². The van der Waals surface area contributed by atoms with Crippen molar-refractivity contribution in [2.45, 2.75) is 57.3 Å². The molecule has 2 fully saturated rings. The van der Waals surface area contributed by atoms with Crippen LogP contribution in [0.4, 0.5) is 8.78 Å². The molecule has 2 rings (SSSR count). The molecule has 0 spiro atoms. The van der Waals surface area contributed by atoms with Crippen LogP contribution in [0.1, 0.15) is 51.4 Å². The van der Waals surface area contributed by atoms with E-state index in [1.54, 1.807) is 0 Å². The molecule has 2 atom stereocenters. The monoisotopic (exact) mass is 303 g/mol. The smallest absolute Gasteiger partial charge is 0.306 e. The van der Waals surface area contributed by atoms with E-state index in [0.717, 1.165) is 19.3 Å². The minimum absolute atomic E-state index is 0.0368. The van der Waals surface area contributed by atoms with Crippen LogP contribution in [0, 0.1) is 17.8 Å². The van der Waals surface area contributed by atoms with Gasteiger partial charge >= 0.3 is 5.97 Å². The fourth-order valence-electron chi connectivity index (χ4n) is 3.46. The molecule has 0 radical (unpaired) electrons. The highest BCUT2D eigenvalue weighted by Gasteiger charge is 2.38. The van der Waals surface area contributed by atoms with Crippen LogP contribution < -0.4 is 5.32 Å². The zero-order valence-electron chi connectivity index (χ0n) is 12.1. The molecular weight excluding hydrogens is 280 g/mol. The van der Waals surface area contributed by atoms with Crippen molar-refractivity contribution in [3.05, 3.63) is 0 Å². The van der Waals surface area contributed by atoms with Crippen LogP contribution in [-0.2, 0) is 9.59 Å². The topological polar surface area (TPSA) is 66.4 Å². The van der Waals surface area contributed by atoms with Crippen molar-refractivity contribution in [1.82, 2.24) is 5.32 Å². The summed E-state index contributed by atoms with van der Waals surface area (Å²) in [5, 5.41) is 12.0. The zero-order valence-corrected chi connectivity index (χ0v) is 12.1. The SMILES string of the molecule is O=C(NCC1CCCCC1C(=O)O)C1CCC(F)(F)CC1. The number of hydrogen-bond donors (Lipinski definition) is 2. The molecule has 2 unspecified atom stereocenters. The molecule has 2 aliphatic rings. The van der Waals surface area contributed by atoms with Crippen molar-refractivity contribution >= 4 is 11.9 Å². The van der Waals surface area contributed by atoms with Crippen LogP contribution in [0.2, 0.25) is 0 Å². The average molecular weight is 303 g/mol. The van der Waals surface area contributed by atoms with Crippen molar-refractivity contribution in [3.8, 4) is 0 Å². The Hall–Kier alpha value is -1.20. The second kappa shape index (κ2) is 6.71. The normalized spacial score (nSPS) is 29.8. The summed E-state index contributed by atoms with van der Waals surface area (Å²) >= 11 is 0. The molecule has 21 heavy (non-hydrogen) atoms. The number of rotatable bonds is 4. The van der Waals surface area contributed by atoms with Crippen molar-refractivity contribution in [2.24, 2.45) is 17.8 Å². The van der Waals surface area contributed by atoms with Crippen molar-refractivity contribution in [2.75, 3.05) is 6.54 Å². The molecule has 0 bridgehead atoms. The van der Waals surface area contributed by atoms with Gasteiger partial charge in [0.15, 0.2) is 0 Å². The van der Waals surface area contributed by atoms with Gasteiger partial charge in [0, 0.05) is 25.3 Å². The van der Waals surface area contributed by atoms with E-state index < -0.39 is 17.8 Å². The van der Waals surface area contributed by atoms with E-state index in [0.29, 0.717) is 13.0 Å². The second-order valence-corrected chi connectivity index (χ2v) is 6.36. The van der Waals surface area contributed by atoms with Gasteiger partial charge in [0.2, 0.25) is 11.8 Å². The average Bonchev–Trinajstić information content (AvgIpc) is 2.45. The Morgan fingerprint density at radius 3 is 2.33 bits per heavy atom. The van der Waals surface area contributed by atoms with Crippen LogP contribution in [0.3, 0.4) is 0 Å². The van der Waals surface area contributed by atoms with Gasteiger partial charge in [0.25, 0.3) is 0 Å². The number of amides is 1. The molecule has 0 aromatic carbocycles. The molecule has 4 nitrogen and oxygen atoms in total. The maximum absolute atomic E-state index is 13.1. The van der Waals surface area contributed by atoms with Crippen molar-refractivity contribution < 1.29 is 23.5 Å². The maximum atomic E-state index is 13.1. The Morgan fingerprint density at radius 2 is 1.71 bits per heavy atom. The second-order valence-electron chi connectivity index (χ2n) is 6.36. The first-order chi connectivity index (χ1) is 9.89. The number of aliphatic carboxylic acids is 1. The fraction of sp³-hybridized carbons (Fsp3) is 0.867. The Labute approximate surface area is 123 Å². The Bertz CT molecular complexity index is 390. The van der Waals surface area contributed by atoms with Gasteiger partial charge in [-0.3, -0.25) is 9.59 Å². The molecule has 2 aliphatic carbocycles. The highest BCUT2D eigenvalue weighted by Crippen LogP contribution is 2.36. The van der Waals surface area contributed by atoms with Crippen LogP contribution in [-0.4, -0.2) is 29.5 Å². The third-order valence-electron chi connectivity index (χ3n) is 4.85. The third kappa shape index (κ3) is 4.38. The molecule has 2 saturated carbocycles. The molecule has 6 heteroatoms. The minimum atomic E-state index is -2.63. The Balaban J connectivity index is 1.79. The number of halogens is 2. The zero-order chi connectivity index (χ0) is 15.5. The predicted molar refractivity (Wildman–Crippen MR) is 73.0 cm³/mol. The van der Waals surface area contributed by atoms with E-state index in [1.165, 1.54) is 0 Å². The summed E-state index contributed by atoms with van der Waals surface area (Å²) < 4.78 is 26.1. The summed E-state index contributed by atoms with van der Waals surface area (Å²) in [5.41, 5.74) is 0. The standard InChI is InChI=1S/C15H23F2NO3/c16-15(17)7-5-10(6-8-15)13(19)18-9-11-3-1-2-4-12(11)14(20)21/h10-12H,1-9H2,(H,18,19)(H,20,21). The van der Waals surface area contributed by atoms with Gasteiger partial charge in [0.05, 0.1) is 5.92 Å². The van der Waals surface area contributed by atoms with Gasteiger partial charge in [-0.1, -0.05) is 12.8 Å². The molecule has 0 aromatic rings. The van der Waals surface area contributed by atoms with Crippen molar-refractivity contribution in [3.63, 3.8) is 0 Å². The largest absolute Gasteiger partial charge is 0.481 e. The van der Waals surface area contributed by atoms with Gasteiger partial charge in [-0.05, 0) is 31.6 Å². The molecule has 120 valence electrons. The number of carboxylic acid groups (broad SMARTS) is 1. The van der Waals surface area contributed by atoms with E-state index in [-0.39, 0.29) is 43.4 Å².